The highest BCUT2D eigenvalue weighted by Crippen LogP contribution is 2.22. The van der Waals surface area contributed by atoms with Gasteiger partial charge < -0.3 is 0 Å². The minimum absolute atomic E-state index is 0.0637. The van der Waals surface area contributed by atoms with Crippen LogP contribution >= 0.6 is 0 Å². The molecule has 14 heavy (non-hydrogen) atoms. The van der Waals surface area contributed by atoms with Crippen molar-refractivity contribution in [2.24, 2.45) is 0 Å². The first-order chi connectivity index (χ1) is 6.77. The minimum atomic E-state index is -0.102. The number of hydrogen-bond donors (Lipinski definition) is 0. The van der Waals surface area contributed by atoms with E-state index in [9.17, 15) is 9.59 Å². The standard InChI is InChI=1S/C12H10O2/c13-10-6-7-12(14)11(8-10)9-4-2-1-3-5-9/h1-2,5-8H,3-4H2. The van der Waals surface area contributed by atoms with Crippen LogP contribution in [0, 0.1) is 0 Å². The van der Waals surface area contributed by atoms with Crippen molar-refractivity contribution in [2.45, 2.75) is 12.8 Å². The number of carbonyl (C=O) groups excluding carboxylic acids is 2. The van der Waals surface area contributed by atoms with E-state index in [1.165, 1.54) is 18.2 Å². The summed E-state index contributed by atoms with van der Waals surface area (Å²) in [6.45, 7) is 0. The normalized spacial score (nSPS) is 20.9. The van der Waals surface area contributed by atoms with E-state index in [0.717, 1.165) is 18.4 Å². The Bertz CT molecular complexity index is 406. The topological polar surface area (TPSA) is 34.1 Å². The van der Waals surface area contributed by atoms with Gasteiger partial charge in [0.1, 0.15) is 0 Å². The lowest BCUT2D eigenvalue weighted by Crippen LogP contribution is -2.10. The number of hydrogen-bond acceptors (Lipinski definition) is 2. The fourth-order valence-corrected chi connectivity index (χ4v) is 1.58. The first-order valence-electron chi connectivity index (χ1n) is 4.60. The summed E-state index contributed by atoms with van der Waals surface area (Å²) in [7, 11) is 0. The van der Waals surface area contributed by atoms with Crippen LogP contribution in [0.4, 0.5) is 0 Å². The maximum absolute atomic E-state index is 11.5. The maximum Gasteiger partial charge on any atom is 0.186 e. The summed E-state index contributed by atoms with van der Waals surface area (Å²) in [5, 5.41) is 0. The van der Waals surface area contributed by atoms with Gasteiger partial charge >= 0.3 is 0 Å². The summed E-state index contributed by atoms with van der Waals surface area (Å²) in [5.74, 6) is -0.166. The summed E-state index contributed by atoms with van der Waals surface area (Å²) in [6.07, 6.45) is 11.7. The lowest BCUT2D eigenvalue weighted by Gasteiger charge is -2.12. The quantitative estimate of drug-likeness (QED) is 0.463. The molecule has 0 aromatic heterocycles. The Labute approximate surface area is 82.3 Å². The van der Waals surface area contributed by atoms with Crippen LogP contribution in [0.2, 0.25) is 0 Å². The van der Waals surface area contributed by atoms with Crippen LogP contribution in [0.5, 0.6) is 0 Å². The molecule has 2 heteroatoms. The highest BCUT2D eigenvalue weighted by Gasteiger charge is 2.16. The van der Waals surface area contributed by atoms with Crippen molar-refractivity contribution in [3.63, 3.8) is 0 Å². The van der Waals surface area contributed by atoms with Gasteiger partial charge in [-0.3, -0.25) is 9.59 Å². The van der Waals surface area contributed by atoms with Gasteiger partial charge in [-0.15, -0.1) is 0 Å². The molecule has 0 atom stereocenters. The molecule has 0 saturated carbocycles. The molecule has 0 aromatic rings. The predicted molar refractivity (Wildman–Crippen MR) is 53.7 cm³/mol. The van der Waals surface area contributed by atoms with Gasteiger partial charge in [-0.1, -0.05) is 18.2 Å². The summed E-state index contributed by atoms with van der Waals surface area (Å²) >= 11 is 0. The molecule has 0 bridgehead atoms. The summed E-state index contributed by atoms with van der Waals surface area (Å²) in [4.78, 5) is 22.6. The monoisotopic (exact) mass is 186 g/mol. The third-order valence-corrected chi connectivity index (χ3v) is 2.30. The van der Waals surface area contributed by atoms with Gasteiger partial charge in [0.05, 0.1) is 0 Å². The molecule has 0 spiro atoms. The second kappa shape index (κ2) is 3.58. The molecule has 2 aliphatic carbocycles. The Kier molecular flexibility index (Phi) is 2.27. The average molecular weight is 186 g/mol. The van der Waals surface area contributed by atoms with E-state index in [0.29, 0.717) is 5.57 Å². The molecule has 0 amide bonds. The van der Waals surface area contributed by atoms with E-state index in [1.54, 1.807) is 0 Å². The van der Waals surface area contributed by atoms with Crippen LogP contribution in [0.3, 0.4) is 0 Å². The molecule has 2 aliphatic rings. The Morgan fingerprint density at radius 2 is 1.93 bits per heavy atom. The van der Waals surface area contributed by atoms with E-state index in [1.807, 2.05) is 12.2 Å². The van der Waals surface area contributed by atoms with E-state index in [2.05, 4.69) is 6.08 Å². The second-order valence-electron chi connectivity index (χ2n) is 3.30. The molecule has 70 valence electrons. The molecule has 0 unspecified atom stereocenters. The molecule has 0 N–H and O–H groups in total. The lowest BCUT2D eigenvalue weighted by atomic mass is 9.91. The fourth-order valence-electron chi connectivity index (χ4n) is 1.58. The van der Waals surface area contributed by atoms with Crippen molar-refractivity contribution in [3.05, 3.63) is 47.6 Å². The Hall–Kier alpha value is -1.70. The van der Waals surface area contributed by atoms with Crippen LogP contribution in [0.15, 0.2) is 47.6 Å². The highest BCUT2D eigenvalue weighted by molar-refractivity contribution is 6.19. The van der Waals surface area contributed by atoms with Gasteiger partial charge in [-0.05, 0) is 36.6 Å². The average Bonchev–Trinajstić information content (AvgIpc) is 2.23. The van der Waals surface area contributed by atoms with Crippen LogP contribution in [-0.4, -0.2) is 11.6 Å². The SMILES string of the molecule is O=C1C=CC(=O)C(C2=CCC=CC2)=C1. The Balaban J connectivity index is 2.29. The zero-order valence-corrected chi connectivity index (χ0v) is 7.69. The largest absolute Gasteiger partial charge is 0.290 e. The van der Waals surface area contributed by atoms with Crippen LogP contribution in [0.1, 0.15) is 12.8 Å². The zero-order chi connectivity index (χ0) is 9.97. The molecule has 0 fully saturated rings. The molecule has 0 radical (unpaired) electrons. The van der Waals surface area contributed by atoms with Crippen molar-refractivity contribution in [3.8, 4) is 0 Å². The predicted octanol–water partition coefficient (Wildman–Crippen LogP) is 1.90. The molecule has 0 aliphatic heterocycles. The molecule has 2 rings (SSSR count). The Morgan fingerprint density at radius 1 is 1.07 bits per heavy atom. The Morgan fingerprint density at radius 3 is 2.64 bits per heavy atom. The number of carbonyl (C=O) groups is 2. The smallest absolute Gasteiger partial charge is 0.186 e. The zero-order valence-electron chi connectivity index (χ0n) is 7.69. The van der Waals surface area contributed by atoms with Gasteiger partial charge in [0.15, 0.2) is 11.6 Å². The first-order valence-corrected chi connectivity index (χ1v) is 4.60. The molecule has 0 aromatic carbocycles. The molecule has 0 heterocycles. The van der Waals surface area contributed by atoms with Crippen molar-refractivity contribution >= 4 is 11.6 Å². The summed E-state index contributed by atoms with van der Waals surface area (Å²) < 4.78 is 0. The van der Waals surface area contributed by atoms with E-state index < -0.39 is 0 Å². The molecular weight excluding hydrogens is 176 g/mol. The lowest BCUT2D eigenvalue weighted by molar-refractivity contribution is -0.114. The first kappa shape index (κ1) is 8.88. The van der Waals surface area contributed by atoms with Crippen LogP contribution in [-0.2, 0) is 9.59 Å². The van der Waals surface area contributed by atoms with E-state index >= 15 is 0 Å². The number of ketones is 2. The van der Waals surface area contributed by atoms with Gasteiger partial charge in [-0.25, -0.2) is 0 Å². The molecule has 2 nitrogen and oxygen atoms in total. The van der Waals surface area contributed by atoms with E-state index in [-0.39, 0.29) is 11.6 Å². The van der Waals surface area contributed by atoms with Crippen LogP contribution in [0.25, 0.3) is 0 Å². The molecular formula is C12H10O2. The highest BCUT2D eigenvalue weighted by atomic mass is 16.1. The summed E-state index contributed by atoms with van der Waals surface area (Å²) in [6, 6.07) is 0. The van der Waals surface area contributed by atoms with Crippen molar-refractivity contribution < 1.29 is 9.59 Å². The van der Waals surface area contributed by atoms with E-state index in [4.69, 9.17) is 0 Å². The third-order valence-electron chi connectivity index (χ3n) is 2.30. The second-order valence-corrected chi connectivity index (χ2v) is 3.30. The van der Waals surface area contributed by atoms with Gasteiger partial charge in [-0.2, -0.15) is 0 Å². The number of rotatable bonds is 1. The summed E-state index contributed by atoms with van der Waals surface area (Å²) in [5.41, 5.74) is 1.53. The van der Waals surface area contributed by atoms with Gasteiger partial charge in [0.25, 0.3) is 0 Å². The minimum Gasteiger partial charge on any atom is -0.290 e. The van der Waals surface area contributed by atoms with Crippen molar-refractivity contribution in [2.75, 3.05) is 0 Å². The van der Waals surface area contributed by atoms with Gasteiger partial charge in [0, 0.05) is 5.57 Å². The maximum atomic E-state index is 11.5. The van der Waals surface area contributed by atoms with Crippen molar-refractivity contribution in [1.82, 2.24) is 0 Å². The van der Waals surface area contributed by atoms with Crippen molar-refractivity contribution in [1.29, 1.82) is 0 Å². The number of allylic oxidation sites excluding steroid dienone is 8. The molecule has 0 saturated heterocycles. The van der Waals surface area contributed by atoms with Gasteiger partial charge in [0.2, 0.25) is 0 Å². The third kappa shape index (κ3) is 1.64. The fraction of sp³-hybridized carbons (Fsp3) is 0.167. The van der Waals surface area contributed by atoms with Crippen LogP contribution < -0.4 is 0 Å².